The highest BCUT2D eigenvalue weighted by atomic mass is 32.2. The van der Waals surface area contributed by atoms with Crippen LogP contribution in [0.1, 0.15) is 37.5 Å². The van der Waals surface area contributed by atoms with Crippen molar-refractivity contribution in [2.24, 2.45) is 13.0 Å². The van der Waals surface area contributed by atoms with Gasteiger partial charge in [-0.2, -0.15) is 4.72 Å². The first kappa shape index (κ1) is 14.3. The first-order valence-electron chi connectivity index (χ1n) is 7.04. The summed E-state index contributed by atoms with van der Waals surface area (Å²) < 4.78 is 29.6. The van der Waals surface area contributed by atoms with Crippen molar-refractivity contribution in [3.8, 4) is 0 Å². The lowest BCUT2D eigenvalue weighted by molar-refractivity contribution is 0.498. The second-order valence-corrected chi connectivity index (χ2v) is 7.06. The van der Waals surface area contributed by atoms with Crippen LogP contribution >= 0.6 is 0 Å². The zero-order chi connectivity index (χ0) is 15.0. The largest absolute Gasteiger partial charge is 0.337 e. The molecule has 1 saturated carbocycles. The molecule has 2 heterocycles. The van der Waals surface area contributed by atoms with E-state index in [0.717, 1.165) is 18.7 Å². The SMILES string of the molecule is CCc1ncc(S(=O)(=O)N[C@@H](c2nccn2C)C2CC2)[nH]1. The maximum atomic E-state index is 12.5. The van der Waals surface area contributed by atoms with E-state index in [4.69, 9.17) is 0 Å². The Bertz CT molecular complexity index is 729. The highest BCUT2D eigenvalue weighted by Gasteiger charge is 2.38. The van der Waals surface area contributed by atoms with Crippen molar-refractivity contribution in [1.29, 1.82) is 0 Å². The minimum absolute atomic E-state index is 0.110. The quantitative estimate of drug-likeness (QED) is 0.836. The summed E-state index contributed by atoms with van der Waals surface area (Å²) in [5, 5.41) is 0.110. The summed E-state index contributed by atoms with van der Waals surface area (Å²) in [5.41, 5.74) is 0. The molecule has 2 aromatic heterocycles. The average molecular weight is 309 g/mol. The van der Waals surface area contributed by atoms with Gasteiger partial charge in [0, 0.05) is 25.9 Å². The minimum atomic E-state index is -3.62. The molecular formula is C13H19N5O2S. The lowest BCUT2D eigenvalue weighted by Gasteiger charge is -2.17. The summed E-state index contributed by atoms with van der Waals surface area (Å²) in [6, 6.07) is -0.289. The average Bonchev–Trinajstić information content (AvgIpc) is 3.00. The second-order valence-electron chi connectivity index (χ2n) is 5.38. The minimum Gasteiger partial charge on any atom is -0.337 e. The molecule has 0 amide bonds. The van der Waals surface area contributed by atoms with Crippen molar-refractivity contribution >= 4 is 10.0 Å². The highest BCUT2D eigenvalue weighted by molar-refractivity contribution is 7.89. The van der Waals surface area contributed by atoms with E-state index in [1.54, 1.807) is 6.20 Å². The van der Waals surface area contributed by atoms with Crippen molar-refractivity contribution in [2.45, 2.75) is 37.3 Å². The lowest BCUT2D eigenvalue weighted by atomic mass is 10.2. The van der Waals surface area contributed by atoms with E-state index >= 15 is 0 Å². The summed E-state index contributed by atoms with van der Waals surface area (Å²) >= 11 is 0. The van der Waals surface area contributed by atoms with Crippen molar-refractivity contribution in [2.75, 3.05) is 0 Å². The molecule has 8 heteroatoms. The molecule has 21 heavy (non-hydrogen) atoms. The summed E-state index contributed by atoms with van der Waals surface area (Å²) in [5.74, 6) is 1.72. The van der Waals surface area contributed by atoms with Crippen LogP contribution in [0.15, 0.2) is 23.6 Å². The maximum absolute atomic E-state index is 12.5. The molecule has 1 fully saturated rings. The van der Waals surface area contributed by atoms with Gasteiger partial charge in [0.05, 0.1) is 12.2 Å². The Labute approximate surface area is 123 Å². The summed E-state index contributed by atoms with van der Waals surface area (Å²) in [7, 11) is -1.75. The van der Waals surface area contributed by atoms with Gasteiger partial charge in [-0.1, -0.05) is 6.92 Å². The zero-order valence-corrected chi connectivity index (χ0v) is 12.9. The Kier molecular flexibility index (Phi) is 3.58. The second kappa shape index (κ2) is 5.27. The van der Waals surface area contributed by atoms with Crippen LogP contribution in [-0.2, 0) is 23.5 Å². The molecule has 1 aliphatic carbocycles. The Morgan fingerprint density at radius 2 is 2.24 bits per heavy atom. The molecule has 0 spiro atoms. The van der Waals surface area contributed by atoms with E-state index in [9.17, 15) is 8.42 Å². The fourth-order valence-electron chi connectivity index (χ4n) is 2.36. The smallest absolute Gasteiger partial charge is 0.258 e. The van der Waals surface area contributed by atoms with E-state index in [-0.39, 0.29) is 11.1 Å². The van der Waals surface area contributed by atoms with Gasteiger partial charge in [0.2, 0.25) is 0 Å². The van der Waals surface area contributed by atoms with Crippen LogP contribution < -0.4 is 4.72 Å². The number of aryl methyl sites for hydroxylation is 2. The molecule has 1 aliphatic rings. The third-order valence-electron chi connectivity index (χ3n) is 3.74. The number of rotatable bonds is 6. The number of nitrogens with one attached hydrogen (secondary N) is 2. The molecule has 7 nitrogen and oxygen atoms in total. The van der Waals surface area contributed by atoms with Gasteiger partial charge in [-0.15, -0.1) is 0 Å². The van der Waals surface area contributed by atoms with Gasteiger partial charge in [0.15, 0.2) is 5.03 Å². The maximum Gasteiger partial charge on any atom is 0.258 e. The number of aromatic amines is 1. The number of hydrogen-bond acceptors (Lipinski definition) is 4. The number of nitrogens with zero attached hydrogens (tertiary/aromatic N) is 3. The molecular weight excluding hydrogens is 290 g/mol. The number of aromatic nitrogens is 4. The van der Waals surface area contributed by atoms with Gasteiger partial charge in [0.1, 0.15) is 11.6 Å². The molecule has 2 aromatic rings. The van der Waals surface area contributed by atoms with E-state index in [0.29, 0.717) is 18.2 Å². The molecule has 0 saturated heterocycles. The molecule has 0 bridgehead atoms. The van der Waals surface area contributed by atoms with Crippen molar-refractivity contribution in [3.05, 3.63) is 30.2 Å². The van der Waals surface area contributed by atoms with Crippen LogP contribution in [0, 0.1) is 5.92 Å². The fraction of sp³-hybridized carbons (Fsp3) is 0.538. The predicted molar refractivity (Wildman–Crippen MR) is 77.0 cm³/mol. The van der Waals surface area contributed by atoms with E-state index in [1.807, 2.05) is 24.7 Å². The fourth-order valence-corrected chi connectivity index (χ4v) is 3.56. The van der Waals surface area contributed by atoms with E-state index in [2.05, 4.69) is 19.7 Å². The van der Waals surface area contributed by atoms with Crippen LogP contribution in [0.3, 0.4) is 0 Å². The summed E-state index contributed by atoms with van der Waals surface area (Å²) in [4.78, 5) is 11.2. The number of imidazole rings is 2. The van der Waals surface area contributed by atoms with Gasteiger partial charge in [0.25, 0.3) is 10.0 Å². The molecule has 3 rings (SSSR count). The molecule has 0 aromatic carbocycles. The third kappa shape index (κ3) is 2.86. The first-order valence-corrected chi connectivity index (χ1v) is 8.53. The molecule has 0 aliphatic heterocycles. The Morgan fingerprint density at radius 3 is 2.76 bits per heavy atom. The molecule has 114 valence electrons. The van der Waals surface area contributed by atoms with Crippen LogP contribution in [0.2, 0.25) is 0 Å². The van der Waals surface area contributed by atoms with E-state index < -0.39 is 10.0 Å². The van der Waals surface area contributed by atoms with Crippen LogP contribution in [0.25, 0.3) is 0 Å². The topological polar surface area (TPSA) is 92.7 Å². The number of H-pyrrole nitrogens is 1. The first-order chi connectivity index (χ1) is 10.0. The summed E-state index contributed by atoms with van der Waals surface area (Å²) in [6.07, 6.45) is 7.58. The normalized spacial score (nSPS) is 17.0. The molecule has 1 atom stereocenters. The zero-order valence-electron chi connectivity index (χ0n) is 12.1. The Morgan fingerprint density at radius 1 is 1.48 bits per heavy atom. The van der Waals surface area contributed by atoms with Gasteiger partial charge < -0.3 is 9.55 Å². The lowest BCUT2D eigenvalue weighted by Crippen LogP contribution is -2.32. The van der Waals surface area contributed by atoms with Crippen LogP contribution in [0.5, 0.6) is 0 Å². The van der Waals surface area contributed by atoms with Gasteiger partial charge in [-0.25, -0.2) is 18.4 Å². The predicted octanol–water partition coefficient (Wildman–Crippen LogP) is 1.14. The van der Waals surface area contributed by atoms with Gasteiger partial charge in [-0.3, -0.25) is 0 Å². The molecule has 0 unspecified atom stereocenters. The van der Waals surface area contributed by atoms with E-state index in [1.165, 1.54) is 6.20 Å². The Balaban J connectivity index is 1.87. The van der Waals surface area contributed by atoms with Crippen molar-refractivity contribution in [1.82, 2.24) is 24.2 Å². The Hall–Kier alpha value is -1.67. The highest BCUT2D eigenvalue weighted by Crippen LogP contribution is 2.41. The van der Waals surface area contributed by atoms with Crippen molar-refractivity contribution < 1.29 is 8.42 Å². The summed E-state index contributed by atoms with van der Waals surface area (Å²) in [6.45, 7) is 1.92. The van der Waals surface area contributed by atoms with Crippen LogP contribution in [-0.4, -0.2) is 27.9 Å². The number of sulfonamides is 1. The standard InChI is InChI=1S/C13H19N5O2S/c1-3-10-15-8-11(16-10)21(19,20)17-12(9-4-5-9)13-14-6-7-18(13)2/h6-9,12,17H,3-5H2,1-2H3,(H,15,16)/t12-/m1/s1. The van der Waals surface area contributed by atoms with Gasteiger partial charge >= 0.3 is 0 Å². The van der Waals surface area contributed by atoms with Gasteiger partial charge in [-0.05, 0) is 18.8 Å². The molecule has 0 radical (unpaired) electrons. The van der Waals surface area contributed by atoms with Crippen LogP contribution in [0.4, 0.5) is 0 Å². The third-order valence-corrected chi connectivity index (χ3v) is 5.09. The number of hydrogen-bond donors (Lipinski definition) is 2. The monoisotopic (exact) mass is 309 g/mol. The molecule has 2 N–H and O–H groups in total. The van der Waals surface area contributed by atoms with Crippen molar-refractivity contribution in [3.63, 3.8) is 0 Å².